The number of aliphatic hydroxyl groups excluding tert-OH is 1. The molecule has 0 fully saturated rings. The van der Waals surface area contributed by atoms with Crippen LogP contribution >= 0.6 is 15.6 Å². The van der Waals surface area contributed by atoms with Crippen LogP contribution in [0.3, 0.4) is 0 Å². The molecule has 0 aliphatic rings. The zero-order valence-corrected chi connectivity index (χ0v) is 65.0. The average molecular weight is 1420 g/mol. The van der Waals surface area contributed by atoms with E-state index in [0.29, 0.717) is 25.7 Å². The van der Waals surface area contributed by atoms with Crippen molar-refractivity contribution in [2.75, 3.05) is 39.6 Å². The summed E-state index contributed by atoms with van der Waals surface area (Å²) < 4.78 is 68.4. The van der Waals surface area contributed by atoms with Crippen LogP contribution in [-0.4, -0.2) is 96.7 Å². The van der Waals surface area contributed by atoms with Gasteiger partial charge in [0.25, 0.3) is 0 Å². The Labute approximate surface area is 594 Å². The van der Waals surface area contributed by atoms with Crippen LogP contribution in [-0.2, 0) is 65.4 Å². The predicted molar refractivity (Wildman–Crippen MR) is 395 cm³/mol. The third-order valence-corrected chi connectivity index (χ3v) is 20.5. The molecule has 0 aromatic carbocycles. The summed E-state index contributed by atoms with van der Waals surface area (Å²) in [7, 11) is -9.90. The lowest BCUT2D eigenvalue weighted by Gasteiger charge is -2.21. The van der Waals surface area contributed by atoms with Crippen molar-refractivity contribution in [3.63, 3.8) is 0 Å². The van der Waals surface area contributed by atoms with Gasteiger partial charge in [-0.15, -0.1) is 0 Å². The summed E-state index contributed by atoms with van der Waals surface area (Å²) in [5.74, 6) is -1.27. The maximum Gasteiger partial charge on any atom is 0.472 e. The smallest absolute Gasteiger partial charge is 0.462 e. The van der Waals surface area contributed by atoms with E-state index >= 15 is 0 Å². The Morgan fingerprint density at radius 2 is 0.495 bits per heavy atom. The van der Waals surface area contributed by atoms with E-state index in [-0.39, 0.29) is 25.7 Å². The number of esters is 4. The molecule has 17 nitrogen and oxygen atoms in total. The second-order valence-electron chi connectivity index (χ2n) is 28.3. The second-order valence-corrected chi connectivity index (χ2v) is 31.3. The number of unbranched alkanes of at least 4 members (excludes halogenated alkanes) is 49. The van der Waals surface area contributed by atoms with Crippen LogP contribution in [0, 0.1) is 5.92 Å². The van der Waals surface area contributed by atoms with Gasteiger partial charge in [0, 0.05) is 25.7 Å². The highest BCUT2D eigenvalue weighted by atomic mass is 31.2. The lowest BCUT2D eigenvalue weighted by Crippen LogP contribution is -2.30. The molecule has 3 N–H and O–H groups in total. The van der Waals surface area contributed by atoms with Gasteiger partial charge in [-0.25, -0.2) is 9.13 Å². The van der Waals surface area contributed by atoms with E-state index in [4.69, 9.17) is 37.0 Å². The third-order valence-electron chi connectivity index (χ3n) is 18.6. The summed E-state index contributed by atoms with van der Waals surface area (Å²) >= 11 is 0. The molecule has 97 heavy (non-hydrogen) atoms. The molecule has 0 rings (SSSR count). The lowest BCUT2D eigenvalue weighted by atomic mass is 9.99. The Morgan fingerprint density at radius 1 is 0.289 bits per heavy atom. The van der Waals surface area contributed by atoms with Crippen molar-refractivity contribution in [3.8, 4) is 0 Å². The van der Waals surface area contributed by atoms with Gasteiger partial charge in [-0.05, 0) is 31.6 Å². The maximum absolute atomic E-state index is 13.1. The molecule has 0 spiro atoms. The molecule has 0 radical (unpaired) electrons. The van der Waals surface area contributed by atoms with Gasteiger partial charge in [0.05, 0.1) is 26.4 Å². The quantitative estimate of drug-likeness (QED) is 0.0222. The first-order chi connectivity index (χ1) is 47.1. The Morgan fingerprint density at radius 3 is 0.732 bits per heavy atom. The highest BCUT2D eigenvalue weighted by Gasteiger charge is 2.30. The molecule has 3 unspecified atom stereocenters. The van der Waals surface area contributed by atoms with E-state index in [9.17, 15) is 43.2 Å². The normalized spacial score (nSPS) is 14.2. The van der Waals surface area contributed by atoms with Gasteiger partial charge in [0.1, 0.15) is 19.3 Å². The number of carbonyl (C=O) groups excluding carboxylic acids is 4. The average Bonchev–Trinajstić information content (AvgIpc) is 1.29. The molecule has 0 aliphatic heterocycles. The molecule has 576 valence electrons. The molecule has 0 heterocycles. The van der Waals surface area contributed by atoms with Gasteiger partial charge in [0.15, 0.2) is 12.2 Å². The molecule has 0 aliphatic carbocycles. The van der Waals surface area contributed by atoms with E-state index in [1.54, 1.807) is 0 Å². The topological polar surface area (TPSA) is 237 Å². The minimum absolute atomic E-state index is 0.107. The van der Waals surface area contributed by atoms with Crippen molar-refractivity contribution in [2.24, 2.45) is 5.92 Å². The Kier molecular flexibility index (Phi) is 69.6. The number of aliphatic hydroxyl groups is 1. The van der Waals surface area contributed by atoms with Gasteiger partial charge in [-0.2, -0.15) is 0 Å². The first-order valence-electron chi connectivity index (χ1n) is 40.7. The highest BCUT2D eigenvalue weighted by molar-refractivity contribution is 7.47. The van der Waals surface area contributed by atoms with Crippen molar-refractivity contribution in [1.29, 1.82) is 0 Å². The number of carbonyl (C=O) groups is 4. The minimum Gasteiger partial charge on any atom is -0.462 e. The van der Waals surface area contributed by atoms with E-state index < -0.39 is 97.5 Å². The van der Waals surface area contributed by atoms with Crippen molar-refractivity contribution in [3.05, 3.63) is 0 Å². The van der Waals surface area contributed by atoms with E-state index in [0.717, 1.165) is 109 Å². The lowest BCUT2D eigenvalue weighted by molar-refractivity contribution is -0.161. The number of rotatable bonds is 78. The fourth-order valence-corrected chi connectivity index (χ4v) is 13.6. The summed E-state index contributed by atoms with van der Waals surface area (Å²) in [6.07, 6.45) is 61.2. The van der Waals surface area contributed by atoms with Crippen LogP contribution in [0.15, 0.2) is 0 Å². The minimum atomic E-state index is -4.96. The van der Waals surface area contributed by atoms with Crippen LogP contribution in [0.2, 0.25) is 0 Å². The fraction of sp³-hybridized carbons (Fsp3) is 0.949. The molecule has 19 heteroatoms. The molecular formula is C78H152O17P2. The molecular weight excluding hydrogens is 1270 g/mol. The van der Waals surface area contributed by atoms with Crippen LogP contribution < -0.4 is 0 Å². The predicted octanol–water partition coefficient (Wildman–Crippen LogP) is 23.3. The fourth-order valence-electron chi connectivity index (χ4n) is 12.0. The number of hydrogen-bond acceptors (Lipinski definition) is 15. The number of ether oxygens (including phenoxy) is 4. The van der Waals surface area contributed by atoms with Crippen molar-refractivity contribution in [2.45, 2.75) is 432 Å². The van der Waals surface area contributed by atoms with E-state index in [1.165, 1.54) is 225 Å². The standard InChI is InChI=1S/C78H152O17P2/c1-6-10-13-16-19-21-23-24-25-26-27-28-29-30-31-36-40-44-49-54-59-64-78(83)95-74(68-89-76(81)62-57-52-47-42-39-35-33-32-34-38-41-46-50-55-60-71(5)9-4)70-93-97(86,87)91-66-72(79)65-90-96(84,85)92-69-73(67-88-75(80)61-56-51-45-18-15-12-8-3)94-77(82)63-58-53-48-43-37-22-20-17-14-11-7-2/h71-74,79H,6-70H2,1-5H3,(H,84,85)(H,86,87)/t71?,72-,73+,74+/m0/s1. The summed E-state index contributed by atoms with van der Waals surface area (Å²) in [5, 5.41) is 10.6. The van der Waals surface area contributed by atoms with Crippen LogP contribution in [0.4, 0.5) is 0 Å². The SMILES string of the molecule is CCCCCCCCCCCCCCCCCCCCCCCC(=O)O[C@H](COC(=O)CCCCCCCCCCCCCCCCC(C)CC)COP(=O)(O)OC[C@@H](O)COP(=O)(O)OC[C@@H](COC(=O)CCCCCCCCC)OC(=O)CCCCCCCCCCCCC. The number of phosphoric acid groups is 2. The van der Waals surface area contributed by atoms with Gasteiger partial charge in [-0.3, -0.25) is 37.3 Å². The van der Waals surface area contributed by atoms with Gasteiger partial charge >= 0.3 is 39.5 Å². The van der Waals surface area contributed by atoms with Crippen molar-refractivity contribution >= 4 is 39.5 Å². The van der Waals surface area contributed by atoms with Crippen molar-refractivity contribution in [1.82, 2.24) is 0 Å². The first kappa shape index (κ1) is 95.1. The van der Waals surface area contributed by atoms with Crippen molar-refractivity contribution < 1.29 is 80.2 Å². The van der Waals surface area contributed by atoms with Gasteiger partial charge < -0.3 is 33.8 Å². The highest BCUT2D eigenvalue weighted by Crippen LogP contribution is 2.45. The Bertz CT molecular complexity index is 1860. The van der Waals surface area contributed by atoms with Crippen LogP contribution in [0.5, 0.6) is 0 Å². The number of phosphoric ester groups is 2. The summed E-state index contributed by atoms with van der Waals surface area (Å²) in [6, 6.07) is 0. The van der Waals surface area contributed by atoms with Gasteiger partial charge in [0.2, 0.25) is 0 Å². The number of hydrogen-bond donors (Lipinski definition) is 3. The zero-order chi connectivity index (χ0) is 71.2. The Balaban J connectivity index is 5.16. The zero-order valence-electron chi connectivity index (χ0n) is 63.2. The summed E-state index contributed by atoms with van der Waals surface area (Å²) in [5.41, 5.74) is 0. The first-order valence-corrected chi connectivity index (χ1v) is 43.7. The van der Waals surface area contributed by atoms with E-state index in [1.807, 2.05) is 0 Å². The molecule has 6 atom stereocenters. The van der Waals surface area contributed by atoms with Gasteiger partial charge in [-0.1, -0.05) is 362 Å². The summed E-state index contributed by atoms with van der Waals surface area (Å²) in [4.78, 5) is 72.7. The van der Waals surface area contributed by atoms with E-state index in [2.05, 4.69) is 34.6 Å². The monoisotopic (exact) mass is 1420 g/mol. The molecule has 0 aromatic rings. The third kappa shape index (κ3) is 70.9. The van der Waals surface area contributed by atoms with Crippen LogP contribution in [0.1, 0.15) is 413 Å². The molecule has 0 aromatic heterocycles. The Hall–Kier alpha value is -1.94. The summed E-state index contributed by atoms with van der Waals surface area (Å²) in [6.45, 7) is 7.31. The van der Waals surface area contributed by atoms with Crippen LogP contribution in [0.25, 0.3) is 0 Å². The largest absolute Gasteiger partial charge is 0.472 e. The second kappa shape index (κ2) is 71.1. The molecule has 0 amide bonds. The maximum atomic E-state index is 13.1. The molecule has 0 bridgehead atoms. The molecule has 0 saturated heterocycles. The molecule has 0 saturated carbocycles.